The van der Waals surface area contributed by atoms with Crippen LogP contribution in [0.5, 0.6) is 0 Å². The Labute approximate surface area is 142 Å². The van der Waals surface area contributed by atoms with Crippen LogP contribution < -0.4 is 16.4 Å². The standard InChI is InChI=1S/C17H27N3O2S/c1-4-19-16(22)14-11-7-5-6-8-13(11)23-17(14)20-15(21)12(18)9-10(2)3/h10,12H,4-9,18H2,1-3H3,(H,19,22)(H,20,21)/t12-/m0/s1. The zero-order chi connectivity index (χ0) is 17.0. The highest BCUT2D eigenvalue weighted by Gasteiger charge is 2.27. The second-order valence-electron chi connectivity index (χ2n) is 6.50. The predicted molar refractivity (Wildman–Crippen MR) is 95.0 cm³/mol. The highest BCUT2D eigenvalue weighted by molar-refractivity contribution is 7.17. The summed E-state index contributed by atoms with van der Waals surface area (Å²) < 4.78 is 0. The normalized spacial score (nSPS) is 15.2. The third kappa shape index (κ3) is 4.32. The van der Waals surface area contributed by atoms with Crippen molar-refractivity contribution in [2.75, 3.05) is 11.9 Å². The van der Waals surface area contributed by atoms with E-state index in [9.17, 15) is 9.59 Å². The SMILES string of the molecule is CCNC(=O)c1c(NC(=O)[C@@H](N)CC(C)C)sc2c1CCCC2. The highest BCUT2D eigenvalue weighted by Crippen LogP contribution is 2.38. The lowest BCUT2D eigenvalue weighted by Gasteiger charge is -2.15. The zero-order valence-electron chi connectivity index (χ0n) is 14.2. The summed E-state index contributed by atoms with van der Waals surface area (Å²) in [6, 6.07) is -0.545. The predicted octanol–water partition coefficient (Wildman–Crippen LogP) is 2.69. The molecule has 0 radical (unpaired) electrons. The molecule has 1 atom stereocenters. The molecule has 1 aliphatic carbocycles. The lowest BCUT2D eigenvalue weighted by molar-refractivity contribution is -0.117. The molecule has 0 saturated heterocycles. The molecule has 1 heterocycles. The second kappa shape index (κ2) is 7.93. The van der Waals surface area contributed by atoms with Gasteiger partial charge in [0.25, 0.3) is 5.91 Å². The molecule has 0 saturated carbocycles. The molecule has 128 valence electrons. The Morgan fingerprint density at radius 2 is 1.96 bits per heavy atom. The van der Waals surface area contributed by atoms with E-state index in [0.717, 1.165) is 31.2 Å². The van der Waals surface area contributed by atoms with Crippen molar-refractivity contribution in [3.8, 4) is 0 Å². The third-order valence-corrected chi connectivity index (χ3v) is 5.24. The number of carbonyl (C=O) groups is 2. The molecule has 2 amide bonds. The van der Waals surface area contributed by atoms with Gasteiger partial charge in [-0.05, 0) is 50.5 Å². The third-order valence-electron chi connectivity index (χ3n) is 4.03. The van der Waals surface area contributed by atoms with Crippen LogP contribution in [0.15, 0.2) is 0 Å². The van der Waals surface area contributed by atoms with Gasteiger partial charge in [0.05, 0.1) is 11.6 Å². The number of hydrogen-bond acceptors (Lipinski definition) is 4. The molecule has 2 rings (SSSR count). The van der Waals surface area contributed by atoms with Gasteiger partial charge in [-0.3, -0.25) is 9.59 Å². The van der Waals surface area contributed by atoms with E-state index in [4.69, 9.17) is 5.73 Å². The van der Waals surface area contributed by atoms with Crippen molar-refractivity contribution in [2.45, 2.75) is 58.9 Å². The number of fused-ring (bicyclic) bond motifs is 1. The van der Waals surface area contributed by atoms with Crippen LogP contribution in [0.3, 0.4) is 0 Å². The quantitative estimate of drug-likeness (QED) is 0.746. The topological polar surface area (TPSA) is 84.2 Å². The van der Waals surface area contributed by atoms with Crippen molar-refractivity contribution in [3.05, 3.63) is 16.0 Å². The van der Waals surface area contributed by atoms with E-state index >= 15 is 0 Å². The number of aryl methyl sites for hydroxylation is 1. The largest absolute Gasteiger partial charge is 0.352 e. The molecule has 6 heteroatoms. The van der Waals surface area contributed by atoms with E-state index in [1.165, 1.54) is 16.2 Å². The molecular weight excluding hydrogens is 310 g/mol. The van der Waals surface area contributed by atoms with Gasteiger partial charge in [-0.25, -0.2) is 0 Å². The van der Waals surface area contributed by atoms with Crippen LogP contribution in [0.4, 0.5) is 5.00 Å². The Morgan fingerprint density at radius 1 is 1.26 bits per heavy atom. The van der Waals surface area contributed by atoms with E-state index in [0.29, 0.717) is 29.4 Å². The first kappa shape index (κ1) is 17.9. The molecule has 0 unspecified atom stereocenters. The number of thiophene rings is 1. The van der Waals surface area contributed by atoms with E-state index < -0.39 is 6.04 Å². The number of hydrogen-bond donors (Lipinski definition) is 3. The summed E-state index contributed by atoms with van der Waals surface area (Å²) in [5.74, 6) is 0.0534. The summed E-state index contributed by atoms with van der Waals surface area (Å²) in [7, 11) is 0. The minimum absolute atomic E-state index is 0.0976. The molecule has 0 aliphatic heterocycles. The van der Waals surface area contributed by atoms with Crippen molar-refractivity contribution in [2.24, 2.45) is 11.7 Å². The lowest BCUT2D eigenvalue weighted by atomic mass is 9.95. The van der Waals surface area contributed by atoms with E-state index in [1.807, 2.05) is 20.8 Å². The summed E-state index contributed by atoms with van der Waals surface area (Å²) in [5.41, 5.74) is 7.73. The first-order valence-electron chi connectivity index (χ1n) is 8.43. The number of carbonyl (C=O) groups excluding carboxylic acids is 2. The van der Waals surface area contributed by atoms with Crippen LogP contribution in [0.2, 0.25) is 0 Å². The number of rotatable bonds is 6. The van der Waals surface area contributed by atoms with Crippen molar-refractivity contribution < 1.29 is 9.59 Å². The zero-order valence-corrected chi connectivity index (χ0v) is 15.0. The van der Waals surface area contributed by atoms with Crippen LogP contribution in [-0.2, 0) is 17.6 Å². The number of nitrogens with one attached hydrogen (secondary N) is 2. The smallest absolute Gasteiger partial charge is 0.254 e. The van der Waals surface area contributed by atoms with Gasteiger partial charge in [0.2, 0.25) is 5.91 Å². The molecule has 23 heavy (non-hydrogen) atoms. The Morgan fingerprint density at radius 3 is 2.61 bits per heavy atom. The van der Waals surface area contributed by atoms with Crippen molar-refractivity contribution >= 4 is 28.2 Å². The molecule has 0 spiro atoms. The van der Waals surface area contributed by atoms with Crippen LogP contribution in [-0.4, -0.2) is 24.4 Å². The first-order chi connectivity index (χ1) is 10.9. The molecule has 0 fully saturated rings. The van der Waals surface area contributed by atoms with Gasteiger partial charge in [-0.1, -0.05) is 13.8 Å². The van der Waals surface area contributed by atoms with Crippen molar-refractivity contribution in [1.29, 1.82) is 0 Å². The van der Waals surface area contributed by atoms with Gasteiger partial charge < -0.3 is 16.4 Å². The minimum Gasteiger partial charge on any atom is -0.352 e. The Balaban J connectivity index is 2.25. The summed E-state index contributed by atoms with van der Waals surface area (Å²) in [6.45, 7) is 6.55. The van der Waals surface area contributed by atoms with Gasteiger partial charge in [0, 0.05) is 11.4 Å². The second-order valence-corrected chi connectivity index (χ2v) is 7.60. The maximum Gasteiger partial charge on any atom is 0.254 e. The molecule has 0 aromatic carbocycles. The highest BCUT2D eigenvalue weighted by atomic mass is 32.1. The molecule has 1 aliphatic rings. The summed E-state index contributed by atoms with van der Waals surface area (Å²) in [5, 5.41) is 6.42. The van der Waals surface area contributed by atoms with Crippen molar-refractivity contribution in [3.63, 3.8) is 0 Å². The lowest BCUT2D eigenvalue weighted by Crippen LogP contribution is -2.37. The fraction of sp³-hybridized carbons (Fsp3) is 0.647. The molecule has 4 N–H and O–H groups in total. The average molecular weight is 337 g/mol. The van der Waals surface area contributed by atoms with E-state index in [1.54, 1.807) is 0 Å². The van der Waals surface area contributed by atoms with Crippen LogP contribution in [0, 0.1) is 5.92 Å². The van der Waals surface area contributed by atoms with Gasteiger partial charge in [-0.2, -0.15) is 0 Å². The molecule has 5 nitrogen and oxygen atoms in total. The summed E-state index contributed by atoms with van der Waals surface area (Å²) in [4.78, 5) is 26.0. The Bertz CT molecular complexity index is 581. The number of anilines is 1. The van der Waals surface area contributed by atoms with Gasteiger partial charge in [-0.15, -0.1) is 11.3 Å². The summed E-state index contributed by atoms with van der Waals surface area (Å²) >= 11 is 1.53. The van der Waals surface area contributed by atoms with Gasteiger partial charge >= 0.3 is 0 Å². The Kier molecular flexibility index (Phi) is 6.18. The maximum absolute atomic E-state index is 12.4. The van der Waals surface area contributed by atoms with Crippen LogP contribution in [0.25, 0.3) is 0 Å². The van der Waals surface area contributed by atoms with E-state index in [-0.39, 0.29) is 11.8 Å². The summed E-state index contributed by atoms with van der Waals surface area (Å²) in [6.07, 6.45) is 4.76. The maximum atomic E-state index is 12.4. The monoisotopic (exact) mass is 337 g/mol. The molecular formula is C17H27N3O2S. The average Bonchev–Trinajstić information content (AvgIpc) is 2.84. The Hall–Kier alpha value is -1.40. The molecule has 1 aromatic heterocycles. The van der Waals surface area contributed by atoms with Gasteiger partial charge in [0.15, 0.2) is 0 Å². The first-order valence-corrected chi connectivity index (χ1v) is 9.24. The van der Waals surface area contributed by atoms with Crippen LogP contribution >= 0.6 is 11.3 Å². The van der Waals surface area contributed by atoms with Crippen LogP contribution in [0.1, 0.15) is 60.8 Å². The fourth-order valence-corrected chi connectivity index (χ4v) is 4.25. The number of nitrogens with two attached hydrogens (primary N) is 1. The molecule has 0 bridgehead atoms. The van der Waals surface area contributed by atoms with Gasteiger partial charge in [0.1, 0.15) is 5.00 Å². The van der Waals surface area contributed by atoms with E-state index in [2.05, 4.69) is 10.6 Å². The minimum atomic E-state index is -0.545. The van der Waals surface area contributed by atoms with Crippen molar-refractivity contribution in [1.82, 2.24) is 5.32 Å². The number of amides is 2. The molecule has 1 aromatic rings. The fourth-order valence-electron chi connectivity index (χ4n) is 2.96.